The number of nitrogens with one attached hydrogen (secondary N) is 2. The maximum Gasteiger partial charge on any atom is 0.326 e. The number of rotatable bonds is 10. The van der Waals surface area contributed by atoms with E-state index in [0.29, 0.717) is 18.1 Å². The first-order valence-corrected chi connectivity index (χ1v) is 13.2. The van der Waals surface area contributed by atoms with Crippen molar-refractivity contribution in [3.8, 4) is 0 Å². The summed E-state index contributed by atoms with van der Waals surface area (Å²) in [6.45, 7) is 5.00. The molecule has 1 aromatic carbocycles. The minimum atomic E-state index is -1.05. The summed E-state index contributed by atoms with van der Waals surface area (Å²) in [4.78, 5) is 29.3. The molecule has 35 heavy (non-hydrogen) atoms. The molecular formula is C27H34BrN3O4. The first-order chi connectivity index (χ1) is 16.8. The van der Waals surface area contributed by atoms with E-state index in [-0.39, 0.29) is 18.4 Å². The van der Waals surface area contributed by atoms with Crippen LogP contribution in [0.5, 0.6) is 0 Å². The molecule has 0 bridgehead atoms. The third-order valence-corrected chi connectivity index (χ3v) is 8.01. The highest BCUT2D eigenvalue weighted by atomic mass is 79.9. The zero-order valence-corrected chi connectivity index (χ0v) is 22.0. The number of carboxylic acids is 1. The highest BCUT2D eigenvalue weighted by Gasteiger charge is 2.30. The monoisotopic (exact) mass is 543 g/mol. The van der Waals surface area contributed by atoms with Gasteiger partial charge >= 0.3 is 5.97 Å². The highest BCUT2D eigenvalue weighted by molar-refractivity contribution is 9.10. The Morgan fingerprint density at radius 2 is 2.06 bits per heavy atom. The number of hydrogen-bond donors (Lipinski definition) is 3. The van der Waals surface area contributed by atoms with E-state index in [0.717, 1.165) is 65.8 Å². The number of fused-ring (bicyclic) bond motifs is 1. The number of ether oxygens (including phenoxy) is 1. The highest BCUT2D eigenvalue weighted by Crippen LogP contribution is 2.34. The van der Waals surface area contributed by atoms with Crippen molar-refractivity contribution >= 4 is 33.6 Å². The predicted octanol–water partition coefficient (Wildman–Crippen LogP) is 4.82. The zero-order chi connectivity index (χ0) is 24.9. The summed E-state index contributed by atoms with van der Waals surface area (Å²) in [6, 6.07) is 7.09. The summed E-state index contributed by atoms with van der Waals surface area (Å²) < 4.78 is 6.74. The van der Waals surface area contributed by atoms with Crippen molar-refractivity contribution in [3.05, 3.63) is 56.7 Å². The van der Waals surface area contributed by atoms with Gasteiger partial charge in [0.2, 0.25) is 0 Å². The van der Waals surface area contributed by atoms with Gasteiger partial charge in [-0.25, -0.2) is 9.78 Å². The molecule has 1 amide bonds. The molecule has 2 heterocycles. The van der Waals surface area contributed by atoms with Gasteiger partial charge in [0, 0.05) is 35.3 Å². The largest absolute Gasteiger partial charge is 0.480 e. The number of hydrogen-bond acceptors (Lipinski definition) is 5. The molecule has 1 aliphatic heterocycles. The molecule has 1 aliphatic carbocycles. The number of halogens is 1. The van der Waals surface area contributed by atoms with Crippen LogP contribution in [0.4, 0.5) is 5.82 Å². The lowest BCUT2D eigenvalue weighted by Crippen LogP contribution is -2.42. The summed E-state index contributed by atoms with van der Waals surface area (Å²) in [5.41, 5.74) is 4.57. The molecule has 1 aromatic heterocycles. The van der Waals surface area contributed by atoms with E-state index in [4.69, 9.17) is 9.72 Å². The Morgan fingerprint density at radius 3 is 2.83 bits per heavy atom. The smallest absolute Gasteiger partial charge is 0.326 e. The molecule has 4 rings (SSSR count). The fraction of sp³-hybridized carbons (Fsp3) is 0.519. The lowest BCUT2D eigenvalue weighted by molar-refractivity contribution is -0.140. The summed E-state index contributed by atoms with van der Waals surface area (Å²) in [6.07, 6.45) is 6.71. The molecule has 0 saturated heterocycles. The Balaban J connectivity index is 1.18. The molecule has 0 spiro atoms. The van der Waals surface area contributed by atoms with Crippen molar-refractivity contribution in [2.75, 3.05) is 18.5 Å². The third-order valence-electron chi connectivity index (χ3n) is 7.15. The van der Waals surface area contributed by atoms with Gasteiger partial charge in [-0.3, -0.25) is 4.79 Å². The van der Waals surface area contributed by atoms with Gasteiger partial charge in [-0.2, -0.15) is 0 Å². The maximum atomic E-state index is 12.8. The van der Waals surface area contributed by atoms with Gasteiger partial charge in [-0.15, -0.1) is 0 Å². The topological polar surface area (TPSA) is 101 Å². The Morgan fingerprint density at radius 1 is 1.26 bits per heavy atom. The van der Waals surface area contributed by atoms with Crippen molar-refractivity contribution in [2.24, 2.45) is 5.92 Å². The van der Waals surface area contributed by atoms with Crippen LogP contribution in [0.2, 0.25) is 0 Å². The molecule has 188 valence electrons. The van der Waals surface area contributed by atoms with Crippen LogP contribution in [0.1, 0.15) is 64.8 Å². The second-order valence-electron chi connectivity index (χ2n) is 9.73. The molecule has 0 unspecified atom stereocenters. The number of nitrogens with zero attached hydrogens (tertiary/aromatic N) is 1. The van der Waals surface area contributed by atoms with Crippen molar-refractivity contribution in [1.29, 1.82) is 0 Å². The Labute approximate surface area is 215 Å². The van der Waals surface area contributed by atoms with Crippen molar-refractivity contribution < 1.29 is 19.4 Å². The molecule has 7 nitrogen and oxygen atoms in total. The van der Waals surface area contributed by atoms with E-state index in [1.165, 1.54) is 12.0 Å². The summed E-state index contributed by atoms with van der Waals surface area (Å²) >= 11 is 3.44. The van der Waals surface area contributed by atoms with Gasteiger partial charge in [0.05, 0.1) is 6.10 Å². The Bertz CT molecular complexity index is 1080. The SMILES string of the molecule is Cc1ccc(Br)c(C)c1C(=O)N[C@@H](CCOC1CC(CCc2ccc3c(n2)NCCC3)C1)C(=O)O. The number of carbonyl (C=O) groups is 2. The van der Waals surface area contributed by atoms with Crippen LogP contribution in [0.3, 0.4) is 0 Å². The quantitative estimate of drug-likeness (QED) is 0.397. The molecule has 0 radical (unpaired) electrons. The van der Waals surface area contributed by atoms with E-state index in [1.807, 2.05) is 26.0 Å². The van der Waals surface area contributed by atoms with Crippen LogP contribution in [-0.4, -0.2) is 47.3 Å². The predicted molar refractivity (Wildman–Crippen MR) is 139 cm³/mol. The molecule has 1 fully saturated rings. The fourth-order valence-corrected chi connectivity index (χ4v) is 5.25. The van der Waals surface area contributed by atoms with E-state index >= 15 is 0 Å². The molecule has 2 aliphatic rings. The number of amides is 1. The van der Waals surface area contributed by atoms with Crippen LogP contribution in [0.15, 0.2) is 28.7 Å². The van der Waals surface area contributed by atoms with E-state index in [1.54, 1.807) is 0 Å². The number of benzene rings is 1. The first kappa shape index (κ1) is 25.6. The maximum absolute atomic E-state index is 12.8. The van der Waals surface area contributed by atoms with Crippen LogP contribution in [0.25, 0.3) is 0 Å². The van der Waals surface area contributed by atoms with Crippen LogP contribution < -0.4 is 10.6 Å². The number of pyridine rings is 1. The minimum absolute atomic E-state index is 0.165. The normalized spacial score (nSPS) is 19.7. The second kappa shape index (κ2) is 11.5. The first-order valence-electron chi connectivity index (χ1n) is 12.5. The lowest BCUT2D eigenvalue weighted by atomic mass is 9.79. The Hall–Kier alpha value is -2.45. The van der Waals surface area contributed by atoms with Gasteiger partial charge in [-0.05, 0) is 87.1 Å². The molecule has 8 heteroatoms. The number of aromatic nitrogens is 1. The molecule has 1 atom stereocenters. The number of aryl methyl sites for hydroxylation is 3. The summed E-state index contributed by atoms with van der Waals surface area (Å²) in [5.74, 6) is 0.242. The van der Waals surface area contributed by atoms with E-state index < -0.39 is 12.0 Å². The summed E-state index contributed by atoms with van der Waals surface area (Å²) in [5, 5.41) is 15.7. The number of aliphatic carboxylic acids is 1. The zero-order valence-electron chi connectivity index (χ0n) is 20.4. The van der Waals surface area contributed by atoms with Crippen LogP contribution in [-0.2, 0) is 22.4 Å². The van der Waals surface area contributed by atoms with Gasteiger partial charge < -0.3 is 20.5 Å². The number of carboxylic acid groups (broad SMARTS) is 1. The lowest BCUT2D eigenvalue weighted by Gasteiger charge is -2.35. The molecule has 3 N–H and O–H groups in total. The van der Waals surface area contributed by atoms with E-state index in [9.17, 15) is 14.7 Å². The number of carbonyl (C=O) groups excluding carboxylic acids is 1. The van der Waals surface area contributed by atoms with Gasteiger partial charge in [0.1, 0.15) is 11.9 Å². The second-order valence-corrected chi connectivity index (χ2v) is 10.6. The average Bonchev–Trinajstić information content (AvgIpc) is 2.81. The molecule has 2 aromatic rings. The van der Waals surface area contributed by atoms with Gasteiger partial charge in [0.25, 0.3) is 5.91 Å². The summed E-state index contributed by atoms with van der Waals surface area (Å²) in [7, 11) is 0. The van der Waals surface area contributed by atoms with Crippen molar-refractivity contribution in [2.45, 2.75) is 70.9 Å². The van der Waals surface area contributed by atoms with Gasteiger partial charge in [-0.1, -0.05) is 28.1 Å². The minimum Gasteiger partial charge on any atom is -0.480 e. The van der Waals surface area contributed by atoms with Gasteiger partial charge in [0.15, 0.2) is 0 Å². The third kappa shape index (κ3) is 6.41. The van der Waals surface area contributed by atoms with Crippen LogP contribution >= 0.6 is 15.9 Å². The number of anilines is 1. The fourth-order valence-electron chi connectivity index (χ4n) is 4.92. The van der Waals surface area contributed by atoms with E-state index in [2.05, 4.69) is 38.7 Å². The van der Waals surface area contributed by atoms with Crippen molar-refractivity contribution in [3.63, 3.8) is 0 Å². The van der Waals surface area contributed by atoms with Crippen molar-refractivity contribution in [1.82, 2.24) is 10.3 Å². The molecular weight excluding hydrogens is 510 g/mol. The average molecular weight is 544 g/mol. The Kier molecular flexibility index (Phi) is 8.44. The standard InChI is InChI=1S/C27H34BrN3O4/c1-16-5-10-22(28)17(2)24(16)26(32)31-23(27(33)34)11-13-35-21-14-18(15-21)6-8-20-9-7-19-4-3-12-29-25(19)30-20/h5,7,9-10,18,21,23H,3-4,6,8,11-15H2,1-2H3,(H,29,30)(H,31,32)(H,33,34)/t18?,21?,23-/m0/s1. The molecule has 1 saturated carbocycles. The van der Waals surface area contributed by atoms with Crippen LogP contribution in [0, 0.1) is 19.8 Å².